The molecule has 2 aromatic heterocycles. The van der Waals surface area contributed by atoms with Crippen molar-refractivity contribution in [1.82, 2.24) is 9.97 Å². The summed E-state index contributed by atoms with van der Waals surface area (Å²) in [6.07, 6.45) is 3.72. The number of rotatable bonds is 5. The van der Waals surface area contributed by atoms with Gasteiger partial charge in [0.25, 0.3) is 5.22 Å². The van der Waals surface area contributed by atoms with Crippen LogP contribution in [0, 0.1) is 13.8 Å². The summed E-state index contributed by atoms with van der Waals surface area (Å²) in [5.74, 6) is 0.855. The van der Waals surface area contributed by atoms with Crippen molar-refractivity contribution >= 4 is 11.8 Å². The van der Waals surface area contributed by atoms with Crippen LogP contribution in [0.3, 0.4) is 0 Å². The molecule has 102 valence electrons. The number of aryl methyl sites for hydroxylation is 2. The predicted molar refractivity (Wildman–Crippen MR) is 76.3 cm³/mol. The summed E-state index contributed by atoms with van der Waals surface area (Å²) < 4.78 is 5.52. The van der Waals surface area contributed by atoms with Gasteiger partial charge in [-0.1, -0.05) is 13.0 Å². The zero-order valence-electron chi connectivity index (χ0n) is 11.5. The maximum absolute atomic E-state index is 5.93. The zero-order chi connectivity index (χ0) is 13.8. The van der Waals surface area contributed by atoms with Gasteiger partial charge in [0.1, 0.15) is 10.8 Å². The van der Waals surface area contributed by atoms with Crippen LogP contribution < -0.4 is 5.73 Å². The average molecular weight is 277 g/mol. The van der Waals surface area contributed by atoms with E-state index in [1.165, 1.54) is 17.3 Å². The number of nitrogens with two attached hydrogens (primary N) is 1. The molecule has 0 saturated carbocycles. The van der Waals surface area contributed by atoms with E-state index in [-0.39, 0.29) is 6.04 Å². The largest absolute Gasteiger partial charge is 0.436 e. The molecule has 0 aliphatic carbocycles. The normalized spacial score (nSPS) is 12.6. The van der Waals surface area contributed by atoms with E-state index < -0.39 is 0 Å². The number of aromatic nitrogens is 2. The first-order valence-electron chi connectivity index (χ1n) is 6.41. The van der Waals surface area contributed by atoms with E-state index in [2.05, 4.69) is 23.0 Å². The lowest BCUT2D eigenvalue weighted by Gasteiger charge is -2.08. The van der Waals surface area contributed by atoms with Crippen LogP contribution in [0.5, 0.6) is 0 Å². The molecule has 2 aromatic rings. The molecule has 0 aromatic carbocycles. The van der Waals surface area contributed by atoms with Gasteiger partial charge in [-0.3, -0.25) is 0 Å². The first kappa shape index (κ1) is 14.1. The molecule has 0 bridgehead atoms. The lowest BCUT2D eigenvalue weighted by atomic mass is 10.1. The van der Waals surface area contributed by atoms with Crippen LogP contribution >= 0.6 is 11.8 Å². The monoisotopic (exact) mass is 277 g/mol. The average Bonchev–Trinajstić information content (AvgIpc) is 2.70. The first-order chi connectivity index (χ1) is 9.08. The highest BCUT2D eigenvalue weighted by molar-refractivity contribution is 7.99. The number of pyridine rings is 1. The Kier molecular flexibility index (Phi) is 4.61. The molecule has 4 nitrogen and oxygen atoms in total. The van der Waals surface area contributed by atoms with Gasteiger partial charge in [0, 0.05) is 12.2 Å². The summed E-state index contributed by atoms with van der Waals surface area (Å²) in [5.41, 5.74) is 8.02. The molecule has 0 saturated heterocycles. The Morgan fingerprint density at radius 3 is 2.68 bits per heavy atom. The number of hydrogen-bond donors (Lipinski definition) is 1. The van der Waals surface area contributed by atoms with Crippen LogP contribution in [-0.2, 0) is 6.42 Å². The third-order valence-electron chi connectivity index (χ3n) is 3.02. The number of hydrogen-bond acceptors (Lipinski definition) is 5. The maximum atomic E-state index is 5.93. The fourth-order valence-electron chi connectivity index (χ4n) is 1.62. The van der Waals surface area contributed by atoms with Crippen LogP contribution in [0.25, 0.3) is 0 Å². The SMILES string of the molecule is CCC(N)Cc1ccc(Sc2nc(C)c(C)o2)nc1. The minimum Gasteiger partial charge on any atom is -0.436 e. The van der Waals surface area contributed by atoms with Crippen LogP contribution in [0.4, 0.5) is 0 Å². The highest BCUT2D eigenvalue weighted by Crippen LogP contribution is 2.26. The molecule has 2 heterocycles. The second kappa shape index (κ2) is 6.21. The molecule has 0 radical (unpaired) electrons. The molecule has 0 aliphatic heterocycles. The maximum Gasteiger partial charge on any atom is 0.262 e. The van der Waals surface area contributed by atoms with Gasteiger partial charge in [-0.25, -0.2) is 9.97 Å². The van der Waals surface area contributed by atoms with Crippen molar-refractivity contribution in [1.29, 1.82) is 0 Å². The van der Waals surface area contributed by atoms with E-state index in [4.69, 9.17) is 10.2 Å². The molecule has 1 unspecified atom stereocenters. The molecule has 5 heteroatoms. The second-order valence-corrected chi connectivity index (χ2v) is 5.57. The Morgan fingerprint density at radius 1 is 1.37 bits per heavy atom. The Hall–Kier alpha value is -1.33. The highest BCUT2D eigenvalue weighted by Gasteiger charge is 2.08. The molecule has 19 heavy (non-hydrogen) atoms. The molecule has 0 fully saturated rings. The number of oxazole rings is 1. The molecular weight excluding hydrogens is 258 g/mol. The van der Waals surface area contributed by atoms with Crippen LogP contribution in [0.1, 0.15) is 30.4 Å². The van der Waals surface area contributed by atoms with E-state index >= 15 is 0 Å². The highest BCUT2D eigenvalue weighted by atomic mass is 32.2. The minimum atomic E-state index is 0.206. The van der Waals surface area contributed by atoms with Crippen molar-refractivity contribution in [2.75, 3.05) is 0 Å². The van der Waals surface area contributed by atoms with Gasteiger partial charge in [0.2, 0.25) is 0 Å². The summed E-state index contributed by atoms with van der Waals surface area (Å²) in [4.78, 5) is 8.73. The van der Waals surface area contributed by atoms with Crippen LogP contribution in [0.2, 0.25) is 0 Å². The molecular formula is C14H19N3OS. The molecule has 0 spiro atoms. The van der Waals surface area contributed by atoms with E-state index in [0.717, 1.165) is 29.3 Å². The smallest absolute Gasteiger partial charge is 0.262 e. The van der Waals surface area contributed by atoms with Crippen LogP contribution in [0.15, 0.2) is 33.0 Å². The Labute approximate surface area is 117 Å². The van der Waals surface area contributed by atoms with Crippen molar-refractivity contribution in [2.24, 2.45) is 5.73 Å². The van der Waals surface area contributed by atoms with Gasteiger partial charge in [0.15, 0.2) is 0 Å². The first-order valence-corrected chi connectivity index (χ1v) is 7.22. The molecule has 2 rings (SSSR count). The van der Waals surface area contributed by atoms with Crippen molar-refractivity contribution < 1.29 is 4.42 Å². The Balaban J connectivity index is 2.02. The predicted octanol–water partition coefficient (Wildman–Crippen LogP) is 3.12. The van der Waals surface area contributed by atoms with Crippen molar-refractivity contribution in [2.45, 2.75) is 49.9 Å². The summed E-state index contributed by atoms with van der Waals surface area (Å²) >= 11 is 1.44. The summed E-state index contributed by atoms with van der Waals surface area (Å²) in [6, 6.07) is 4.25. The van der Waals surface area contributed by atoms with Crippen molar-refractivity contribution in [3.05, 3.63) is 35.3 Å². The van der Waals surface area contributed by atoms with E-state index in [9.17, 15) is 0 Å². The molecule has 2 N–H and O–H groups in total. The van der Waals surface area contributed by atoms with Crippen molar-refractivity contribution in [3.8, 4) is 0 Å². The van der Waals surface area contributed by atoms with Crippen LogP contribution in [-0.4, -0.2) is 16.0 Å². The van der Waals surface area contributed by atoms with E-state index in [1.54, 1.807) is 0 Å². The Morgan fingerprint density at radius 2 is 2.16 bits per heavy atom. The topological polar surface area (TPSA) is 64.9 Å². The van der Waals surface area contributed by atoms with Gasteiger partial charge in [0.05, 0.1) is 5.69 Å². The number of nitrogens with zero attached hydrogens (tertiary/aromatic N) is 2. The zero-order valence-corrected chi connectivity index (χ0v) is 12.3. The van der Waals surface area contributed by atoms with Gasteiger partial charge in [-0.15, -0.1) is 0 Å². The summed E-state index contributed by atoms with van der Waals surface area (Å²) in [7, 11) is 0. The van der Waals surface area contributed by atoms with Gasteiger partial charge in [-0.2, -0.15) is 0 Å². The fraction of sp³-hybridized carbons (Fsp3) is 0.429. The molecule has 0 amide bonds. The lowest BCUT2D eigenvalue weighted by molar-refractivity contribution is 0.431. The van der Waals surface area contributed by atoms with Gasteiger partial charge >= 0.3 is 0 Å². The molecule has 1 atom stereocenters. The standard InChI is InChI=1S/C14H19N3OS/c1-4-12(15)7-11-5-6-13(16-8-11)19-14-17-9(2)10(3)18-14/h5-6,8,12H,4,7,15H2,1-3H3. The Bertz CT molecular complexity index is 517. The second-order valence-electron chi connectivity index (χ2n) is 4.60. The van der Waals surface area contributed by atoms with E-state index in [0.29, 0.717) is 5.22 Å². The van der Waals surface area contributed by atoms with Gasteiger partial charge in [-0.05, 0) is 50.1 Å². The third kappa shape index (κ3) is 3.81. The molecule has 0 aliphatic rings. The lowest BCUT2D eigenvalue weighted by Crippen LogP contribution is -2.21. The summed E-state index contributed by atoms with van der Waals surface area (Å²) in [5, 5.41) is 1.52. The van der Waals surface area contributed by atoms with Gasteiger partial charge < -0.3 is 10.2 Å². The van der Waals surface area contributed by atoms with Crippen molar-refractivity contribution in [3.63, 3.8) is 0 Å². The van der Waals surface area contributed by atoms with E-state index in [1.807, 2.05) is 26.1 Å². The third-order valence-corrected chi connectivity index (χ3v) is 3.82. The fourth-order valence-corrected chi connectivity index (χ4v) is 2.39. The summed E-state index contributed by atoms with van der Waals surface area (Å²) in [6.45, 7) is 5.94. The minimum absolute atomic E-state index is 0.206. The quantitative estimate of drug-likeness (QED) is 0.909.